The highest BCUT2D eigenvalue weighted by molar-refractivity contribution is 7.18. The smallest absolute Gasteiger partial charge is 0.118 e. The van der Waals surface area contributed by atoms with E-state index in [1.54, 1.807) is 18.4 Å². The molecule has 0 spiro atoms. The highest BCUT2D eigenvalue weighted by atomic mass is 32.1. The van der Waals surface area contributed by atoms with Crippen LogP contribution in [0.1, 0.15) is 5.69 Å². The monoisotopic (exact) mass is 320 g/mol. The first-order valence-electron chi connectivity index (χ1n) is 7.43. The summed E-state index contributed by atoms with van der Waals surface area (Å²) in [5.41, 5.74) is 5.70. The molecule has 1 N–H and O–H groups in total. The standard InChI is InChI=1S/C19H16N2OS/c1-12-10-18(21-20-12)17-11-23-19-15(4-3-5-16(17)19)13-6-8-14(22-2)9-7-13/h3-11H,1-2H3,(H,20,21). The molecule has 0 aliphatic carbocycles. The number of hydrogen-bond donors (Lipinski definition) is 1. The Morgan fingerprint density at radius 2 is 1.87 bits per heavy atom. The van der Waals surface area contributed by atoms with Gasteiger partial charge in [0.1, 0.15) is 5.75 Å². The van der Waals surface area contributed by atoms with Crippen molar-refractivity contribution in [3.63, 3.8) is 0 Å². The molecule has 2 aromatic carbocycles. The van der Waals surface area contributed by atoms with Crippen LogP contribution in [0.4, 0.5) is 0 Å². The highest BCUT2D eigenvalue weighted by Crippen LogP contribution is 2.39. The Hall–Kier alpha value is -2.59. The molecule has 2 aromatic heterocycles. The summed E-state index contributed by atoms with van der Waals surface area (Å²) >= 11 is 1.76. The molecule has 0 radical (unpaired) electrons. The van der Waals surface area contributed by atoms with Gasteiger partial charge in [-0.25, -0.2) is 0 Å². The molecule has 0 atom stereocenters. The summed E-state index contributed by atoms with van der Waals surface area (Å²) in [6.45, 7) is 2.02. The van der Waals surface area contributed by atoms with Crippen molar-refractivity contribution >= 4 is 21.4 Å². The fourth-order valence-electron chi connectivity index (χ4n) is 2.81. The largest absolute Gasteiger partial charge is 0.497 e. The molecule has 4 rings (SSSR count). The van der Waals surface area contributed by atoms with E-state index in [1.165, 1.54) is 26.8 Å². The Morgan fingerprint density at radius 1 is 1.04 bits per heavy atom. The molecule has 2 heterocycles. The van der Waals surface area contributed by atoms with Crippen LogP contribution in [-0.2, 0) is 0 Å². The summed E-state index contributed by atoms with van der Waals surface area (Å²) in [5, 5.41) is 10.9. The summed E-state index contributed by atoms with van der Waals surface area (Å²) in [7, 11) is 1.69. The van der Waals surface area contributed by atoms with Crippen LogP contribution in [0.3, 0.4) is 0 Å². The van der Waals surface area contributed by atoms with Crippen molar-refractivity contribution in [1.29, 1.82) is 0 Å². The maximum Gasteiger partial charge on any atom is 0.118 e. The Morgan fingerprint density at radius 3 is 2.57 bits per heavy atom. The molecule has 0 saturated heterocycles. The molecule has 0 amide bonds. The minimum atomic E-state index is 0.875. The van der Waals surface area contributed by atoms with Gasteiger partial charge in [0.15, 0.2) is 0 Å². The lowest BCUT2D eigenvalue weighted by molar-refractivity contribution is 0.415. The van der Waals surface area contributed by atoms with Crippen molar-refractivity contribution in [2.75, 3.05) is 7.11 Å². The zero-order chi connectivity index (χ0) is 15.8. The molecule has 3 nitrogen and oxygen atoms in total. The molecule has 4 heteroatoms. The van der Waals surface area contributed by atoms with Crippen molar-refractivity contribution in [3.05, 3.63) is 59.6 Å². The van der Waals surface area contributed by atoms with Gasteiger partial charge in [-0.2, -0.15) is 5.10 Å². The predicted molar refractivity (Wildman–Crippen MR) is 96.1 cm³/mol. The number of thiophene rings is 1. The fourth-order valence-corrected chi connectivity index (χ4v) is 3.91. The number of aromatic nitrogens is 2. The molecule has 0 aliphatic rings. The molecular formula is C19H16N2OS. The van der Waals surface area contributed by atoms with E-state index in [1.807, 2.05) is 19.1 Å². The van der Waals surface area contributed by atoms with E-state index in [-0.39, 0.29) is 0 Å². The van der Waals surface area contributed by atoms with E-state index < -0.39 is 0 Å². The Balaban J connectivity index is 1.87. The molecule has 4 aromatic rings. The zero-order valence-corrected chi connectivity index (χ0v) is 13.8. The van der Waals surface area contributed by atoms with Gasteiger partial charge < -0.3 is 4.74 Å². The predicted octanol–water partition coefficient (Wildman–Crippen LogP) is 5.28. The third-order valence-electron chi connectivity index (χ3n) is 3.98. The number of aromatic amines is 1. The minimum Gasteiger partial charge on any atom is -0.497 e. The second-order valence-corrected chi connectivity index (χ2v) is 6.38. The zero-order valence-electron chi connectivity index (χ0n) is 13.0. The van der Waals surface area contributed by atoms with Gasteiger partial charge in [0.05, 0.1) is 12.8 Å². The van der Waals surface area contributed by atoms with E-state index in [2.05, 4.69) is 52.0 Å². The van der Waals surface area contributed by atoms with Gasteiger partial charge >= 0.3 is 0 Å². The first-order chi connectivity index (χ1) is 11.3. The van der Waals surface area contributed by atoms with Gasteiger partial charge in [0.2, 0.25) is 0 Å². The van der Waals surface area contributed by atoms with E-state index in [0.717, 1.165) is 17.1 Å². The average molecular weight is 320 g/mol. The van der Waals surface area contributed by atoms with Crippen LogP contribution in [0.2, 0.25) is 0 Å². The lowest BCUT2D eigenvalue weighted by Gasteiger charge is -2.05. The number of H-pyrrole nitrogens is 1. The van der Waals surface area contributed by atoms with Crippen LogP contribution in [0.15, 0.2) is 53.9 Å². The molecule has 114 valence electrons. The third kappa shape index (κ3) is 2.41. The van der Waals surface area contributed by atoms with Crippen LogP contribution in [0.25, 0.3) is 32.5 Å². The molecular weight excluding hydrogens is 304 g/mol. The summed E-state index contributed by atoms with van der Waals surface area (Å²) in [5.74, 6) is 0.875. The van der Waals surface area contributed by atoms with Crippen LogP contribution >= 0.6 is 11.3 Å². The molecule has 0 unspecified atom stereocenters. The molecule has 0 fully saturated rings. The first kappa shape index (κ1) is 14.0. The number of aryl methyl sites for hydroxylation is 1. The lowest BCUT2D eigenvalue weighted by Crippen LogP contribution is -1.83. The number of hydrogen-bond acceptors (Lipinski definition) is 3. The maximum absolute atomic E-state index is 5.25. The van der Waals surface area contributed by atoms with Crippen LogP contribution < -0.4 is 4.74 Å². The second kappa shape index (κ2) is 5.56. The lowest BCUT2D eigenvalue weighted by atomic mass is 10.0. The summed E-state index contributed by atoms with van der Waals surface area (Å²) < 4.78 is 6.53. The number of fused-ring (bicyclic) bond motifs is 1. The number of nitrogens with zero attached hydrogens (tertiary/aromatic N) is 1. The number of ether oxygens (including phenoxy) is 1. The Labute approximate surface area is 138 Å². The summed E-state index contributed by atoms with van der Waals surface area (Å²) in [6.07, 6.45) is 0. The average Bonchev–Trinajstić information content (AvgIpc) is 3.20. The molecule has 0 saturated carbocycles. The van der Waals surface area contributed by atoms with Crippen molar-refractivity contribution in [1.82, 2.24) is 10.2 Å². The minimum absolute atomic E-state index is 0.875. The van der Waals surface area contributed by atoms with Crippen molar-refractivity contribution < 1.29 is 4.74 Å². The third-order valence-corrected chi connectivity index (χ3v) is 5.01. The Kier molecular flexibility index (Phi) is 3.39. The highest BCUT2D eigenvalue weighted by Gasteiger charge is 2.12. The quantitative estimate of drug-likeness (QED) is 0.558. The van der Waals surface area contributed by atoms with E-state index >= 15 is 0 Å². The van der Waals surface area contributed by atoms with E-state index in [0.29, 0.717) is 0 Å². The van der Waals surface area contributed by atoms with E-state index in [9.17, 15) is 0 Å². The van der Waals surface area contributed by atoms with Crippen molar-refractivity contribution in [2.45, 2.75) is 6.92 Å². The van der Waals surface area contributed by atoms with Crippen molar-refractivity contribution in [3.8, 4) is 28.1 Å². The van der Waals surface area contributed by atoms with Gasteiger partial charge in [-0.1, -0.05) is 30.3 Å². The maximum atomic E-state index is 5.25. The number of benzene rings is 2. The molecule has 0 bridgehead atoms. The van der Waals surface area contributed by atoms with Gasteiger partial charge in [-0.3, -0.25) is 5.10 Å². The first-order valence-corrected chi connectivity index (χ1v) is 8.31. The van der Waals surface area contributed by atoms with Crippen molar-refractivity contribution in [2.24, 2.45) is 0 Å². The number of methoxy groups -OCH3 is 1. The summed E-state index contributed by atoms with van der Waals surface area (Å²) in [4.78, 5) is 0. The van der Waals surface area contributed by atoms with E-state index in [4.69, 9.17) is 4.74 Å². The Bertz CT molecular complexity index is 967. The van der Waals surface area contributed by atoms with Gasteiger partial charge in [-0.15, -0.1) is 11.3 Å². The van der Waals surface area contributed by atoms with Crippen LogP contribution in [0, 0.1) is 6.92 Å². The number of rotatable bonds is 3. The van der Waals surface area contributed by atoms with Gasteiger partial charge in [0, 0.05) is 26.7 Å². The second-order valence-electron chi connectivity index (χ2n) is 5.50. The van der Waals surface area contributed by atoms with Gasteiger partial charge in [0.25, 0.3) is 0 Å². The molecule has 0 aliphatic heterocycles. The number of nitrogens with one attached hydrogen (secondary N) is 1. The topological polar surface area (TPSA) is 37.9 Å². The van der Waals surface area contributed by atoms with Crippen LogP contribution in [-0.4, -0.2) is 17.3 Å². The normalized spacial score (nSPS) is 11.0. The summed E-state index contributed by atoms with van der Waals surface area (Å²) in [6, 6.07) is 16.7. The fraction of sp³-hybridized carbons (Fsp3) is 0.105. The van der Waals surface area contributed by atoms with Crippen LogP contribution in [0.5, 0.6) is 5.75 Å². The van der Waals surface area contributed by atoms with Gasteiger partial charge in [-0.05, 0) is 36.2 Å². The molecule has 23 heavy (non-hydrogen) atoms. The SMILES string of the molecule is COc1ccc(-c2cccc3c(-c4cc(C)[nH]n4)csc23)cc1.